The van der Waals surface area contributed by atoms with Gasteiger partial charge in [-0.15, -0.1) is 35.3 Å². The summed E-state index contributed by atoms with van der Waals surface area (Å²) in [6, 6.07) is 0. The van der Waals surface area contributed by atoms with Gasteiger partial charge >= 0.3 is 0 Å². The second-order valence-corrected chi connectivity index (χ2v) is 16.4. The minimum absolute atomic E-state index is 0.0773. The van der Waals surface area contributed by atoms with E-state index in [1.54, 1.807) is 11.1 Å². The molecule has 5 aliphatic heterocycles. The quantitative estimate of drug-likeness (QED) is 0.337. The maximum absolute atomic E-state index is 7.03. The van der Waals surface area contributed by atoms with E-state index in [-0.39, 0.29) is 4.93 Å². The molecule has 0 aromatic heterocycles. The fourth-order valence-electron chi connectivity index (χ4n) is 6.29. The minimum atomic E-state index is 0.0773. The molecule has 7 aliphatic rings. The molecule has 28 heavy (non-hydrogen) atoms. The SMILES string of the molecule is CC(C)CCC12SC1(CCC(C)C)C1SC1C1=C2CC2=CC3SC3C3SC23O1. The molecule has 8 unspecified atom stereocenters. The number of rotatable bonds is 6. The Labute approximate surface area is 186 Å². The molecule has 0 bridgehead atoms. The molecule has 1 spiro atoms. The summed E-state index contributed by atoms with van der Waals surface area (Å²) < 4.78 is 7.96. The van der Waals surface area contributed by atoms with Crippen molar-refractivity contribution in [2.45, 2.75) is 100 Å². The molecule has 0 N–H and O–H groups in total. The van der Waals surface area contributed by atoms with Gasteiger partial charge in [0.1, 0.15) is 5.76 Å². The van der Waals surface area contributed by atoms with Crippen LogP contribution in [0.25, 0.3) is 0 Å². The molecule has 1 nitrogen and oxygen atoms in total. The number of hydrogen-bond acceptors (Lipinski definition) is 5. The summed E-state index contributed by atoms with van der Waals surface area (Å²) >= 11 is 8.95. The highest BCUT2D eigenvalue weighted by Gasteiger charge is 2.83. The zero-order valence-corrected chi connectivity index (χ0v) is 20.5. The molecule has 2 aliphatic carbocycles. The van der Waals surface area contributed by atoms with Gasteiger partial charge in [0.2, 0.25) is 0 Å². The molecule has 4 fully saturated rings. The molecule has 8 atom stereocenters. The van der Waals surface area contributed by atoms with Gasteiger partial charge in [-0.2, -0.15) is 0 Å². The van der Waals surface area contributed by atoms with Crippen LogP contribution in [-0.4, -0.2) is 40.7 Å². The van der Waals surface area contributed by atoms with Crippen LogP contribution in [0, 0.1) is 11.8 Å². The van der Waals surface area contributed by atoms with Crippen molar-refractivity contribution in [1.82, 2.24) is 0 Å². The highest BCUT2D eigenvalue weighted by atomic mass is 32.2. The Bertz CT molecular complexity index is 832. The van der Waals surface area contributed by atoms with Crippen molar-refractivity contribution in [3.8, 4) is 0 Å². The van der Waals surface area contributed by atoms with Crippen LogP contribution in [0.1, 0.15) is 59.8 Å². The van der Waals surface area contributed by atoms with Gasteiger partial charge in [-0.25, -0.2) is 0 Å². The van der Waals surface area contributed by atoms with E-state index in [1.165, 1.54) is 37.9 Å². The average molecular weight is 451 g/mol. The van der Waals surface area contributed by atoms with E-state index >= 15 is 0 Å². The first-order valence-corrected chi connectivity index (χ1v) is 14.8. The van der Waals surface area contributed by atoms with Crippen molar-refractivity contribution in [2.24, 2.45) is 11.8 Å². The standard InChI is InChI=1S/C23H30OS4/c1-11(2)5-7-21-14-9-13-10-15-17(25-15)20-23(13,27-20)24-16(14)18-19(26-18)22(21,28-21)8-6-12(3)4/h10-12,15,17-20H,5-9H2,1-4H3. The van der Waals surface area contributed by atoms with Gasteiger partial charge in [-0.05, 0) is 55.1 Å². The first-order valence-electron chi connectivity index (χ1n) is 11.2. The van der Waals surface area contributed by atoms with Crippen LogP contribution in [0.2, 0.25) is 0 Å². The van der Waals surface area contributed by atoms with Crippen molar-refractivity contribution in [1.29, 1.82) is 0 Å². The van der Waals surface area contributed by atoms with Gasteiger partial charge in [-0.1, -0.05) is 45.5 Å². The molecule has 0 radical (unpaired) electrons. The number of hydrogen-bond donors (Lipinski definition) is 0. The van der Waals surface area contributed by atoms with Gasteiger partial charge in [0, 0.05) is 20.5 Å². The lowest BCUT2D eigenvalue weighted by Gasteiger charge is -2.39. The molecule has 152 valence electrons. The van der Waals surface area contributed by atoms with Crippen molar-refractivity contribution >= 4 is 47.0 Å². The second-order valence-electron chi connectivity index (χ2n) is 10.7. The summed E-state index contributed by atoms with van der Waals surface area (Å²) in [4.78, 5) is 0.0773. The Morgan fingerprint density at radius 2 is 1.86 bits per heavy atom. The van der Waals surface area contributed by atoms with E-state index in [9.17, 15) is 0 Å². The monoisotopic (exact) mass is 450 g/mol. The Morgan fingerprint density at radius 3 is 2.64 bits per heavy atom. The molecule has 0 aromatic carbocycles. The second kappa shape index (κ2) is 5.53. The van der Waals surface area contributed by atoms with E-state index in [0.717, 1.165) is 32.8 Å². The fraction of sp³-hybridized carbons (Fsp3) is 0.826. The van der Waals surface area contributed by atoms with Crippen LogP contribution >= 0.6 is 47.0 Å². The maximum Gasteiger partial charge on any atom is 0.189 e. The fourth-order valence-corrected chi connectivity index (χ4v) is 13.2. The van der Waals surface area contributed by atoms with Crippen molar-refractivity contribution in [2.75, 3.05) is 0 Å². The molecular weight excluding hydrogens is 421 g/mol. The maximum atomic E-state index is 7.03. The first-order chi connectivity index (χ1) is 13.4. The average Bonchev–Trinajstić information content (AvgIpc) is 3.47. The van der Waals surface area contributed by atoms with Crippen LogP contribution in [0.5, 0.6) is 0 Å². The number of ether oxygens (including phenoxy) is 1. The van der Waals surface area contributed by atoms with E-state index in [1.807, 2.05) is 0 Å². The first kappa shape index (κ1) is 18.3. The third kappa shape index (κ3) is 2.19. The smallest absolute Gasteiger partial charge is 0.189 e. The summed E-state index contributed by atoms with van der Waals surface area (Å²) in [7, 11) is 0. The molecule has 7 rings (SSSR count). The zero-order chi connectivity index (χ0) is 19.1. The van der Waals surface area contributed by atoms with Crippen LogP contribution in [0.15, 0.2) is 23.0 Å². The van der Waals surface area contributed by atoms with Crippen LogP contribution in [0.4, 0.5) is 0 Å². The molecule has 0 saturated carbocycles. The lowest BCUT2D eigenvalue weighted by atomic mass is 9.69. The van der Waals surface area contributed by atoms with Crippen LogP contribution < -0.4 is 0 Å². The van der Waals surface area contributed by atoms with Crippen LogP contribution in [0.3, 0.4) is 0 Å². The lowest BCUT2D eigenvalue weighted by molar-refractivity contribution is 0.111. The molecule has 5 heteroatoms. The van der Waals surface area contributed by atoms with Gasteiger partial charge in [0.15, 0.2) is 4.93 Å². The van der Waals surface area contributed by atoms with Crippen LogP contribution in [-0.2, 0) is 4.74 Å². The molecule has 0 amide bonds. The van der Waals surface area contributed by atoms with E-state index in [0.29, 0.717) is 14.7 Å². The predicted molar refractivity (Wildman–Crippen MR) is 126 cm³/mol. The largest absolute Gasteiger partial charge is 0.474 e. The number of fused-ring (bicyclic) bond motifs is 7. The Morgan fingerprint density at radius 1 is 1.07 bits per heavy atom. The summed E-state index contributed by atoms with van der Waals surface area (Å²) in [5.74, 6) is 3.08. The summed E-state index contributed by atoms with van der Waals surface area (Å²) in [6.45, 7) is 9.61. The highest BCUT2D eigenvalue weighted by Crippen LogP contribution is 2.86. The molecule has 5 heterocycles. The summed E-state index contributed by atoms with van der Waals surface area (Å²) in [5.41, 5.74) is 3.41. The predicted octanol–water partition coefficient (Wildman–Crippen LogP) is 6.49. The number of thioether (sulfide) groups is 4. The normalized spacial score (nSPS) is 53.2. The Hall–Kier alpha value is 0.680. The van der Waals surface area contributed by atoms with Crippen molar-refractivity contribution < 1.29 is 4.74 Å². The van der Waals surface area contributed by atoms with Gasteiger partial charge in [0.05, 0.1) is 15.2 Å². The summed E-state index contributed by atoms with van der Waals surface area (Å²) in [6.07, 6.45) is 9.39. The third-order valence-electron chi connectivity index (χ3n) is 8.08. The molecular formula is C23H30OS4. The minimum Gasteiger partial charge on any atom is -0.474 e. The zero-order valence-electron chi connectivity index (χ0n) is 17.2. The Kier molecular flexibility index (Phi) is 3.61. The Balaban J connectivity index is 1.28. The van der Waals surface area contributed by atoms with E-state index in [2.05, 4.69) is 80.8 Å². The van der Waals surface area contributed by atoms with Gasteiger partial charge in [-0.3, -0.25) is 0 Å². The van der Waals surface area contributed by atoms with E-state index < -0.39 is 0 Å². The third-order valence-corrected chi connectivity index (χ3v) is 14.8. The molecule has 0 aromatic rings. The highest BCUT2D eigenvalue weighted by molar-refractivity contribution is 8.14. The van der Waals surface area contributed by atoms with E-state index in [4.69, 9.17) is 4.74 Å². The van der Waals surface area contributed by atoms with Crippen molar-refractivity contribution in [3.63, 3.8) is 0 Å². The summed E-state index contributed by atoms with van der Waals surface area (Å²) in [5, 5.41) is 3.94. The van der Waals surface area contributed by atoms with Gasteiger partial charge in [0.25, 0.3) is 0 Å². The lowest BCUT2D eigenvalue weighted by Crippen LogP contribution is -2.44. The molecule has 4 saturated heterocycles. The topological polar surface area (TPSA) is 9.23 Å². The van der Waals surface area contributed by atoms with Crippen molar-refractivity contribution in [3.05, 3.63) is 23.0 Å². The van der Waals surface area contributed by atoms with Gasteiger partial charge < -0.3 is 4.74 Å².